The van der Waals surface area contributed by atoms with E-state index in [-0.39, 0.29) is 11.9 Å². The fourth-order valence-electron chi connectivity index (χ4n) is 1.98. The summed E-state index contributed by atoms with van der Waals surface area (Å²) in [7, 11) is 0. The van der Waals surface area contributed by atoms with Crippen molar-refractivity contribution >= 4 is 5.65 Å². The number of rotatable bonds is 1. The van der Waals surface area contributed by atoms with Crippen molar-refractivity contribution in [3.8, 4) is 5.75 Å². The summed E-state index contributed by atoms with van der Waals surface area (Å²) in [4.78, 5) is 4.38. The van der Waals surface area contributed by atoms with Crippen LogP contribution in [0.2, 0.25) is 0 Å². The van der Waals surface area contributed by atoms with Crippen LogP contribution in [0.3, 0.4) is 0 Å². The molecule has 2 aromatic rings. The third-order valence-corrected chi connectivity index (χ3v) is 2.74. The molecule has 3 heterocycles. The van der Waals surface area contributed by atoms with E-state index in [1.807, 2.05) is 16.8 Å². The predicted octanol–water partition coefficient (Wildman–Crippen LogP) is 1.89. The second-order valence-electron chi connectivity index (χ2n) is 3.79. The maximum absolute atomic E-state index is 9.60. The van der Waals surface area contributed by atoms with Crippen LogP contribution >= 0.6 is 0 Å². The van der Waals surface area contributed by atoms with Crippen molar-refractivity contribution in [1.29, 1.82) is 0 Å². The molecule has 1 aliphatic heterocycles. The standard InChI is InChI=1S/C11H12N2O2/c14-9-3-1-5-13-7-8(12-11(9)13)10-4-2-6-15-10/h1,3,5,7,10,14H,2,4,6H2. The van der Waals surface area contributed by atoms with Gasteiger partial charge in [-0.05, 0) is 25.0 Å². The summed E-state index contributed by atoms with van der Waals surface area (Å²) in [5.41, 5.74) is 1.51. The van der Waals surface area contributed by atoms with Crippen LogP contribution in [-0.2, 0) is 4.74 Å². The second kappa shape index (κ2) is 3.24. The first kappa shape index (κ1) is 8.73. The van der Waals surface area contributed by atoms with Crippen LogP contribution in [0.4, 0.5) is 0 Å². The topological polar surface area (TPSA) is 46.8 Å². The first-order valence-corrected chi connectivity index (χ1v) is 5.13. The minimum Gasteiger partial charge on any atom is -0.504 e. The molecule has 3 rings (SSSR count). The summed E-state index contributed by atoms with van der Waals surface area (Å²) >= 11 is 0. The Bertz CT molecular complexity index is 486. The Hall–Kier alpha value is -1.55. The number of aromatic hydroxyl groups is 1. The average molecular weight is 204 g/mol. The van der Waals surface area contributed by atoms with E-state index in [2.05, 4.69) is 4.98 Å². The summed E-state index contributed by atoms with van der Waals surface area (Å²) in [6, 6.07) is 3.44. The molecule has 1 saturated heterocycles. The Morgan fingerprint density at radius 1 is 1.53 bits per heavy atom. The summed E-state index contributed by atoms with van der Waals surface area (Å²) in [5.74, 6) is 0.210. The van der Waals surface area contributed by atoms with E-state index in [0.717, 1.165) is 25.1 Å². The maximum Gasteiger partial charge on any atom is 0.179 e. The molecule has 1 unspecified atom stereocenters. The van der Waals surface area contributed by atoms with Gasteiger partial charge in [0.25, 0.3) is 0 Å². The molecule has 1 N–H and O–H groups in total. The van der Waals surface area contributed by atoms with Crippen molar-refractivity contribution in [1.82, 2.24) is 9.38 Å². The lowest BCUT2D eigenvalue weighted by molar-refractivity contribution is 0.109. The van der Waals surface area contributed by atoms with Gasteiger partial charge in [-0.1, -0.05) is 0 Å². The van der Waals surface area contributed by atoms with Crippen LogP contribution < -0.4 is 0 Å². The van der Waals surface area contributed by atoms with Crippen molar-refractivity contribution in [2.24, 2.45) is 0 Å². The highest BCUT2D eigenvalue weighted by atomic mass is 16.5. The van der Waals surface area contributed by atoms with Crippen LogP contribution in [0.25, 0.3) is 5.65 Å². The van der Waals surface area contributed by atoms with Gasteiger partial charge < -0.3 is 14.2 Å². The van der Waals surface area contributed by atoms with E-state index < -0.39 is 0 Å². The third-order valence-electron chi connectivity index (χ3n) is 2.74. The number of ether oxygens (including phenoxy) is 1. The Labute approximate surface area is 87.1 Å². The fraction of sp³-hybridized carbons (Fsp3) is 0.364. The molecule has 15 heavy (non-hydrogen) atoms. The average Bonchev–Trinajstić information content (AvgIpc) is 2.86. The number of hydrogen-bond donors (Lipinski definition) is 1. The molecule has 0 aliphatic carbocycles. The van der Waals surface area contributed by atoms with Gasteiger partial charge in [-0.3, -0.25) is 0 Å². The van der Waals surface area contributed by atoms with Crippen molar-refractivity contribution in [2.45, 2.75) is 18.9 Å². The van der Waals surface area contributed by atoms with Gasteiger partial charge in [0, 0.05) is 19.0 Å². The molecule has 0 radical (unpaired) electrons. The second-order valence-corrected chi connectivity index (χ2v) is 3.79. The molecule has 1 fully saturated rings. The molecule has 2 aromatic heterocycles. The zero-order chi connectivity index (χ0) is 10.3. The molecule has 0 amide bonds. The Morgan fingerprint density at radius 2 is 2.47 bits per heavy atom. The van der Waals surface area contributed by atoms with Crippen LogP contribution in [0.5, 0.6) is 5.75 Å². The van der Waals surface area contributed by atoms with Gasteiger partial charge in [0.1, 0.15) is 6.10 Å². The molecule has 1 aliphatic rings. The van der Waals surface area contributed by atoms with E-state index in [1.54, 1.807) is 12.1 Å². The van der Waals surface area contributed by atoms with E-state index in [0.29, 0.717) is 5.65 Å². The van der Waals surface area contributed by atoms with Gasteiger partial charge in [0.05, 0.1) is 5.69 Å². The molecular formula is C11H12N2O2. The molecule has 0 spiro atoms. The van der Waals surface area contributed by atoms with Gasteiger partial charge in [0.2, 0.25) is 0 Å². The van der Waals surface area contributed by atoms with Crippen LogP contribution in [0, 0.1) is 0 Å². The number of hydrogen-bond acceptors (Lipinski definition) is 3. The molecule has 4 heteroatoms. The first-order chi connectivity index (χ1) is 7.34. The Morgan fingerprint density at radius 3 is 3.20 bits per heavy atom. The molecule has 0 saturated carbocycles. The highest BCUT2D eigenvalue weighted by Crippen LogP contribution is 2.29. The molecule has 4 nitrogen and oxygen atoms in total. The SMILES string of the molecule is Oc1cccn2cc(C3CCCO3)nc12. The Balaban J connectivity index is 2.09. The predicted molar refractivity (Wildman–Crippen MR) is 54.8 cm³/mol. The molecular weight excluding hydrogens is 192 g/mol. The smallest absolute Gasteiger partial charge is 0.179 e. The van der Waals surface area contributed by atoms with Crippen LogP contribution in [-0.4, -0.2) is 21.1 Å². The van der Waals surface area contributed by atoms with Gasteiger partial charge in [-0.25, -0.2) is 4.98 Å². The quantitative estimate of drug-likeness (QED) is 0.771. The molecule has 0 aromatic carbocycles. The van der Waals surface area contributed by atoms with E-state index in [4.69, 9.17) is 4.74 Å². The molecule has 78 valence electrons. The lowest BCUT2D eigenvalue weighted by Crippen LogP contribution is -1.95. The summed E-state index contributed by atoms with van der Waals surface area (Å²) in [5, 5.41) is 9.60. The highest BCUT2D eigenvalue weighted by Gasteiger charge is 2.20. The Kier molecular flexibility index (Phi) is 1.89. The van der Waals surface area contributed by atoms with Crippen molar-refractivity contribution in [3.05, 3.63) is 30.2 Å². The number of aromatic nitrogens is 2. The van der Waals surface area contributed by atoms with Crippen molar-refractivity contribution in [3.63, 3.8) is 0 Å². The zero-order valence-corrected chi connectivity index (χ0v) is 8.26. The van der Waals surface area contributed by atoms with E-state index >= 15 is 0 Å². The lowest BCUT2D eigenvalue weighted by Gasteiger charge is -2.03. The van der Waals surface area contributed by atoms with Crippen LogP contribution in [0.15, 0.2) is 24.5 Å². The zero-order valence-electron chi connectivity index (χ0n) is 8.26. The van der Waals surface area contributed by atoms with Gasteiger partial charge in [-0.2, -0.15) is 0 Å². The van der Waals surface area contributed by atoms with E-state index in [1.165, 1.54) is 0 Å². The summed E-state index contributed by atoms with van der Waals surface area (Å²) in [6.45, 7) is 0.810. The molecule has 0 bridgehead atoms. The van der Waals surface area contributed by atoms with Crippen molar-refractivity contribution < 1.29 is 9.84 Å². The normalized spacial score (nSPS) is 21.2. The van der Waals surface area contributed by atoms with Gasteiger partial charge in [0.15, 0.2) is 11.4 Å². The van der Waals surface area contributed by atoms with Crippen LogP contribution in [0.1, 0.15) is 24.6 Å². The monoisotopic (exact) mass is 204 g/mol. The number of fused-ring (bicyclic) bond motifs is 1. The summed E-state index contributed by atoms with van der Waals surface area (Å²) in [6.07, 6.45) is 6.00. The minimum absolute atomic E-state index is 0.101. The van der Waals surface area contributed by atoms with E-state index in [9.17, 15) is 5.11 Å². The summed E-state index contributed by atoms with van der Waals surface area (Å²) < 4.78 is 7.38. The largest absolute Gasteiger partial charge is 0.504 e. The number of imidazole rings is 1. The lowest BCUT2D eigenvalue weighted by atomic mass is 10.2. The number of pyridine rings is 1. The maximum atomic E-state index is 9.60. The minimum atomic E-state index is 0.101. The highest BCUT2D eigenvalue weighted by molar-refractivity contribution is 5.53. The van der Waals surface area contributed by atoms with Gasteiger partial charge in [-0.15, -0.1) is 0 Å². The number of nitrogens with zero attached hydrogens (tertiary/aromatic N) is 2. The first-order valence-electron chi connectivity index (χ1n) is 5.13. The fourth-order valence-corrected chi connectivity index (χ4v) is 1.98. The van der Waals surface area contributed by atoms with Gasteiger partial charge >= 0.3 is 0 Å². The molecule has 1 atom stereocenters. The third kappa shape index (κ3) is 1.37. The van der Waals surface area contributed by atoms with Crippen molar-refractivity contribution in [2.75, 3.05) is 6.61 Å².